The van der Waals surface area contributed by atoms with E-state index in [-0.39, 0.29) is 5.75 Å². The zero-order chi connectivity index (χ0) is 17.8. The third kappa shape index (κ3) is 3.47. The standard InChI is InChI=1S/C19H18N2O4/c1-3-25-17-9-8-12(10-18(17)24-2)14-11-15(21-19(23)20-14)13-6-4-5-7-16(13)22/h4-11,22H,3H2,1-2H3,(H,20,21,23). The Hall–Kier alpha value is -3.28. The second kappa shape index (κ2) is 7.09. The van der Waals surface area contributed by atoms with Crippen LogP contribution in [0.3, 0.4) is 0 Å². The highest BCUT2D eigenvalue weighted by molar-refractivity contribution is 5.72. The number of hydrogen-bond donors (Lipinski definition) is 2. The normalized spacial score (nSPS) is 10.5. The number of aromatic hydroxyl groups is 1. The number of aromatic nitrogens is 2. The number of nitrogens with one attached hydrogen (secondary N) is 1. The average molecular weight is 338 g/mol. The molecule has 25 heavy (non-hydrogen) atoms. The lowest BCUT2D eigenvalue weighted by atomic mass is 10.1. The van der Waals surface area contributed by atoms with E-state index in [4.69, 9.17) is 9.47 Å². The van der Waals surface area contributed by atoms with Crippen molar-refractivity contribution in [3.05, 3.63) is 59.0 Å². The molecule has 0 aliphatic heterocycles. The summed E-state index contributed by atoms with van der Waals surface area (Å²) in [5, 5.41) is 10.0. The Morgan fingerprint density at radius 2 is 1.92 bits per heavy atom. The molecule has 0 saturated carbocycles. The van der Waals surface area contributed by atoms with Gasteiger partial charge < -0.3 is 19.6 Å². The summed E-state index contributed by atoms with van der Waals surface area (Å²) >= 11 is 0. The number of phenolic OH excluding ortho intramolecular Hbond substituents is 1. The van der Waals surface area contributed by atoms with E-state index in [1.807, 2.05) is 13.0 Å². The van der Waals surface area contributed by atoms with Gasteiger partial charge in [-0.05, 0) is 43.3 Å². The van der Waals surface area contributed by atoms with Gasteiger partial charge in [0.05, 0.1) is 25.1 Å². The van der Waals surface area contributed by atoms with Crippen molar-refractivity contribution < 1.29 is 14.6 Å². The number of nitrogens with zero attached hydrogens (tertiary/aromatic N) is 1. The highest BCUT2D eigenvalue weighted by Crippen LogP contribution is 2.33. The maximum Gasteiger partial charge on any atom is 0.345 e. The molecule has 1 heterocycles. The lowest BCUT2D eigenvalue weighted by Crippen LogP contribution is -2.12. The highest BCUT2D eigenvalue weighted by atomic mass is 16.5. The van der Waals surface area contributed by atoms with Crippen molar-refractivity contribution in [3.63, 3.8) is 0 Å². The first-order valence-electron chi connectivity index (χ1n) is 7.83. The van der Waals surface area contributed by atoms with Crippen LogP contribution in [0.5, 0.6) is 17.2 Å². The van der Waals surface area contributed by atoms with Gasteiger partial charge in [0, 0.05) is 11.1 Å². The lowest BCUT2D eigenvalue weighted by Gasteiger charge is -2.11. The topological polar surface area (TPSA) is 84.4 Å². The molecule has 0 atom stereocenters. The van der Waals surface area contributed by atoms with E-state index in [0.717, 1.165) is 0 Å². The predicted octanol–water partition coefficient (Wildman–Crippen LogP) is 3.22. The Kier molecular flexibility index (Phi) is 4.70. The molecule has 0 aliphatic rings. The van der Waals surface area contributed by atoms with Gasteiger partial charge >= 0.3 is 5.69 Å². The Labute approximate surface area is 144 Å². The van der Waals surface area contributed by atoms with E-state index in [1.165, 1.54) is 0 Å². The van der Waals surface area contributed by atoms with E-state index in [9.17, 15) is 9.90 Å². The van der Waals surface area contributed by atoms with E-state index < -0.39 is 5.69 Å². The SMILES string of the molecule is CCOc1ccc(-c2cc(-c3ccccc3O)[nH]c(=O)n2)cc1OC. The van der Waals surface area contributed by atoms with Gasteiger partial charge in [0.1, 0.15) is 5.75 Å². The number of para-hydroxylation sites is 1. The summed E-state index contributed by atoms with van der Waals surface area (Å²) in [6, 6.07) is 13.9. The fraction of sp³-hybridized carbons (Fsp3) is 0.158. The lowest BCUT2D eigenvalue weighted by molar-refractivity contribution is 0.311. The fourth-order valence-corrected chi connectivity index (χ4v) is 2.55. The average Bonchev–Trinajstić information content (AvgIpc) is 2.62. The Morgan fingerprint density at radius 1 is 1.12 bits per heavy atom. The van der Waals surface area contributed by atoms with Gasteiger partial charge in [-0.2, -0.15) is 4.98 Å². The summed E-state index contributed by atoms with van der Waals surface area (Å²) in [5.74, 6) is 1.27. The molecule has 0 spiro atoms. The van der Waals surface area contributed by atoms with Crippen LogP contribution in [-0.2, 0) is 0 Å². The smallest absolute Gasteiger partial charge is 0.345 e. The van der Waals surface area contributed by atoms with Crippen molar-refractivity contribution in [2.24, 2.45) is 0 Å². The number of hydrogen-bond acceptors (Lipinski definition) is 5. The molecular weight excluding hydrogens is 320 g/mol. The number of methoxy groups -OCH3 is 1. The largest absolute Gasteiger partial charge is 0.507 e. The van der Waals surface area contributed by atoms with Crippen molar-refractivity contribution in [2.45, 2.75) is 6.92 Å². The van der Waals surface area contributed by atoms with Crippen LogP contribution in [0.15, 0.2) is 53.3 Å². The van der Waals surface area contributed by atoms with Crippen LogP contribution in [0, 0.1) is 0 Å². The molecule has 1 aromatic heterocycles. The maximum atomic E-state index is 12.0. The molecule has 2 N–H and O–H groups in total. The summed E-state index contributed by atoms with van der Waals surface area (Å²) in [4.78, 5) is 18.7. The van der Waals surface area contributed by atoms with E-state index in [1.54, 1.807) is 49.6 Å². The van der Waals surface area contributed by atoms with E-state index in [2.05, 4.69) is 9.97 Å². The van der Waals surface area contributed by atoms with Crippen LogP contribution in [0.4, 0.5) is 0 Å². The first-order valence-corrected chi connectivity index (χ1v) is 7.83. The fourth-order valence-electron chi connectivity index (χ4n) is 2.55. The molecule has 0 unspecified atom stereocenters. The van der Waals surface area contributed by atoms with Crippen LogP contribution < -0.4 is 15.2 Å². The molecule has 0 radical (unpaired) electrons. The molecule has 0 fully saturated rings. The third-order valence-electron chi connectivity index (χ3n) is 3.70. The van der Waals surface area contributed by atoms with Gasteiger partial charge in [-0.1, -0.05) is 12.1 Å². The van der Waals surface area contributed by atoms with E-state index in [0.29, 0.717) is 40.6 Å². The van der Waals surface area contributed by atoms with Crippen molar-refractivity contribution in [3.8, 4) is 39.8 Å². The van der Waals surface area contributed by atoms with Crippen molar-refractivity contribution >= 4 is 0 Å². The second-order valence-electron chi connectivity index (χ2n) is 5.30. The summed E-state index contributed by atoms with van der Waals surface area (Å²) < 4.78 is 10.9. The van der Waals surface area contributed by atoms with Crippen LogP contribution in [-0.4, -0.2) is 28.8 Å². The van der Waals surface area contributed by atoms with Crippen LogP contribution >= 0.6 is 0 Å². The molecule has 3 rings (SSSR count). The molecular formula is C19H18N2O4. The quantitative estimate of drug-likeness (QED) is 0.746. The molecule has 0 bridgehead atoms. The summed E-state index contributed by atoms with van der Waals surface area (Å²) in [6.45, 7) is 2.42. The first-order chi connectivity index (χ1) is 12.1. The minimum Gasteiger partial charge on any atom is -0.507 e. The first kappa shape index (κ1) is 16.6. The monoisotopic (exact) mass is 338 g/mol. The summed E-state index contributed by atoms with van der Waals surface area (Å²) in [5.41, 5.74) is 1.71. The predicted molar refractivity (Wildman–Crippen MR) is 95.1 cm³/mol. The highest BCUT2D eigenvalue weighted by Gasteiger charge is 2.11. The minimum absolute atomic E-state index is 0.0829. The molecule has 6 nitrogen and oxygen atoms in total. The van der Waals surface area contributed by atoms with Gasteiger partial charge in [-0.25, -0.2) is 4.79 Å². The Bertz CT molecular complexity index is 950. The number of H-pyrrole nitrogens is 1. The van der Waals surface area contributed by atoms with Crippen molar-refractivity contribution in [1.29, 1.82) is 0 Å². The number of rotatable bonds is 5. The van der Waals surface area contributed by atoms with Crippen LogP contribution in [0.2, 0.25) is 0 Å². The van der Waals surface area contributed by atoms with Crippen LogP contribution in [0.25, 0.3) is 22.5 Å². The Balaban J connectivity index is 2.10. The number of benzene rings is 2. The number of ether oxygens (including phenoxy) is 2. The minimum atomic E-state index is -0.497. The molecule has 0 saturated heterocycles. The third-order valence-corrected chi connectivity index (χ3v) is 3.70. The molecule has 128 valence electrons. The zero-order valence-corrected chi connectivity index (χ0v) is 13.9. The molecule has 0 amide bonds. The Morgan fingerprint density at radius 3 is 2.64 bits per heavy atom. The second-order valence-corrected chi connectivity index (χ2v) is 5.30. The van der Waals surface area contributed by atoms with Crippen molar-refractivity contribution in [2.75, 3.05) is 13.7 Å². The molecule has 6 heteroatoms. The summed E-state index contributed by atoms with van der Waals surface area (Å²) in [7, 11) is 1.56. The van der Waals surface area contributed by atoms with Gasteiger partial charge in [0.15, 0.2) is 11.5 Å². The zero-order valence-electron chi connectivity index (χ0n) is 13.9. The number of aromatic amines is 1. The van der Waals surface area contributed by atoms with Gasteiger partial charge in [-0.3, -0.25) is 0 Å². The van der Waals surface area contributed by atoms with Gasteiger partial charge in [0.25, 0.3) is 0 Å². The maximum absolute atomic E-state index is 12.0. The van der Waals surface area contributed by atoms with Gasteiger partial charge in [-0.15, -0.1) is 0 Å². The van der Waals surface area contributed by atoms with Gasteiger partial charge in [0.2, 0.25) is 0 Å². The van der Waals surface area contributed by atoms with E-state index >= 15 is 0 Å². The van der Waals surface area contributed by atoms with Crippen molar-refractivity contribution in [1.82, 2.24) is 9.97 Å². The molecule has 3 aromatic rings. The molecule has 2 aromatic carbocycles. The summed E-state index contributed by atoms with van der Waals surface area (Å²) in [6.07, 6.45) is 0. The number of phenols is 1. The molecule has 0 aliphatic carbocycles. The van der Waals surface area contributed by atoms with Crippen LogP contribution in [0.1, 0.15) is 6.92 Å².